The molecule has 0 fully saturated rings. The van der Waals surface area contributed by atoms with E-state index in [4.69, 9.17) is 9.47 Å². The lowest BCUT2D eigenvalue weighted by Gasteiger charge is -2.17. The quantitative estimate of drug-likeness (QED) is 0.910. The lowest BCUT2D eigenvalue weighted by Crippen LogP contribution is -2.25. The van der Waals surface area contributed by atoms with Gasteiger partial charge in [-0.1, -0.05) is 30.3 Å². The van der Waals surface area contributed by atoms with Crippen molar-refractivity contribution in [1.29, 1.82) is 0 Å². The minimum atomic E-state index is 0.285. The fourth-order valence-corrected chi connectivity index (χ4v) is 2.75. The first-order valence-electron chi connectivity index (χ1n) is 7.37. The van der Waals surface area contributed by atoms with Crippen molar-refractivity contribution in [1.82, 2.24) is 5.32 Å². The summed E-state index contributed by atoms with van der Waals surface area (Å²) >= 11 is 0. The van der Waals surface area contributed by atoms with Crippen molar-refractivity contribution in [3.8, 4) is 11.5 Å². The fraction of sp³-hybridized carbons (Fsp3) is 0.333. The second-order valence-electron chi connectivity index (χ2n) is 5.45. The van der Waals surface area contributed by atoms with Gasteiger partial charge in [0.1, 0.15) is 11.5 Å². The minimum Gasteiger partial charge on any atom is -0.497 e. The first-order chi connectivity index (χ1) is 10.3. The molecule has 0 bridgehead atoms. The van der Waals surface area contributed by atoms with Gasteiger partial charge in [0.25, 0.3) is 0 Å². The topological polar surface area (TPSA) is 30.5 Å². The van der Waals surface area contributed by atoms with E-state index in [1.807, 2.05) is 24.3 Å². The molecule has 21 heavy (non-hydrogen) atoms. The molecule has 0 aromatic heterocycles. The van der Waals surface area contributed by atoms with Crippen LogP contribution in [0, 0.1) is 0 Å². The molecule has 1 unspecified atom stereocenters. The molecule has 1 N–H and O–H groups in total. The van der Waals surface area contributed by atoms with E-state index in [9.17, 15) is 0 Å². The van der Waals surface area contributed by atoms with Crippen molar-refractivity contribution in [3.05, 3.63) is 59.7 Å². The Kier molecular flexibility index (Phi) is 4.11. The molecule has 2 aromatic carbocycles. The molecule has 3 rings (SSSR count). The molecule has 110 valence electrons. The molecule has 3 nitrogen and oxygen atoms in total. The Morgan fingerprint density at radius 2 is 2.10 bits per heavy atom. The number of para-hydroxylation sites is 1. The Hall–Kier alpha value is -2.00. The minimum absolute atomic E-state index is 0.285. The molecule has 0 radical (unpaired) electrons. The van der Waals surface area contributed by atoms with E-state index in [0.29, 0.717) is 5.92 Å². The van der Waals surface area contributed by atoms with Crippen LogP contribution in [-0.2, 0) is 0 Å². The van der Waals surface area contributed by atoms with Gasteiger partial charge < -0.3 is 14.8 Å². The predicted octanol–water partition coefficient (Wildman–Crippen LogP) is 3.52. The van der Waals surface area contributed by atoms with Crippen LogP contribution in [0.25, 0.3) is 0 Å². The number of nitrogens with one attached hydrogen (secondary N) is 1. The van der Waals surface area contributed by atoms with Crippen molar-refractivity contribution in [2.75, 3.05) is 20.3 Å². The highest BCUT2D eigenvalue weighted by molar-refractivity contribution is 5.40. The summed E-state index contributed by atoms with van der Waals surface area (Å²) in [7, 11) is 1.70. The zero-order chi connectivity index (χ0) is 14.7. The second-order valence-corrected chi connectivity index (χ2v) is 5.45. The largest absolute Gasteiger partial charge is 0.497 e. The van der Waals surface area contributed by atoms with E-state index in [1.165, 1.54) is 11.1 Å². The molecule has 0 saturated heterocycles. The third kappa shape index (κ3) is 3.03. The smallest absolute Gasteiger partial charge is 0.122 e. The molecular formula is C18H21NO2. The molecule has 0 spiro atoms. The summed E-state index contributed by atoms with van der Waals surface area (Å²) in [6.07, 6.45) is 0. The van der Waals surface area contributed by atoms with Crippen LogP contribution in [0.1, 0.15) is 30.0 Å². The van der Waals surface area contributed by atoms with Crippen molar-refractivity contribution >= 4 is 0 Å². The summed E-state index contributed by atoms with van der Waals surface area (Å²) in [6.45, 7) is 3.85. The molecular weight excluding hydrogens is 262 g/mol. The summed E-state index contributed by atoms with van der Waals surface area (Å²) in [5.74, 6) is 2.35. The van der Waals surface area contributed by atoms with Gasteiger partial charge in [0.15, 0.2) is 0 Å². The highest BCUT2D eigenvalue weighted by Gasteiger charge is 2.23. The summed E-state index contributed by atoms with van der Waals surface area (Å²) in [6, 6.07) is 16.8. The molecule has 2 aromatic rings. The number of fused-ring (bicyclic) bond motifs is 1. The number of ether oxygens (including phenoxy) is 2. The normalized spacial score (nSPS) is 17.9. The highest BCUT2D eigenvalue weighted by Crippen LogP contribution is 2.33. The van der Waals surface area contributed by atoms with Crippen LogP contribution in [0.2, 0.25) is 0 Å². The summed E-state index contributed by atoms with van der Waals surface area (Å²) in [4.78, 5) is 0. The standard InChI is InChI=1S/C18H21NO2/c1-13(14-6-5-7-16(10-14)20-2)19-11-15-12-21-18-9-4-3-8-17(15)18/h3-10,13,15,19H,11-12H2,1-2H3/t13-,15?/m1/s1. The van der Waals surface area contributed by atoms with Crippen LogP contribution in [0.4, 0.5) is 0 Å². The first-order valence-corrected chi connectivity index (χ1v) is 7.37. The second kappa shape index (κ2) is 6.19. The number of benzene rings is 2. The van der Waals surface area contributed by atoms with E-state index >= 15 is 0 Å². The Balaban J connectivity index is 1.63. The number of methoxy groups -OCH3 is 1. The van der Waals surface area contributed by atoms with Crippen molar-refractivity contribution in [3.63, 3.8) is 0 Å². The predicted molar refractivity (Wildman–Crippen MR) is 84.1 cm³/mol. The lowest BCUT2D eigenvalue weighted by atomic mass is 10.0. The van der Waals surface area contributed by atoms with Crippen molar-refractivity contribution in [2.24, 2.45) is 0 Å². The highest BCUT2D eigenvalue weighted by atomic mass is 16.5. The number of rotatable bonds is 5. The molecule has 0 saturated carbocycles. The van der Waals surface area contributed by atoms with Gasteiger partial charge in [0, 0.05) is 24.1 Å². The maximum absolute atomic E-state index is 5.73. The maximum Gasteiger partial charge on any atom is 0.122 e. The Morgan fingerprint density at radius 1 is 1.24 bits per heavy atom. The maximum atomic E-state index is 5.73. The van der Waals surface area contributed by atoms with Gasteiger partial charge >= 0.3 is 0 Å². The van der Waals surface area contributed by atoms with Crippen molar-refractivity contribution < 1.29 is 9.47 Å². The monoisotopic (exact) mass is 283 g/mol. The summed E-state index contributed by atoms with van der Waals surface area (Å²) in [5, 5.41) is 3.60. The average Bonchev–Trinajstić information content (AvgIpc) is 2.96. The molecule has 2 atom stereocenters. The molecule has 1 heterocycles. The third-order valence-corrected chi connectivity index (χ3v) is 4.06. The van der Waals surface area contributed by atoms with Crippen LogP contribution >= 0.6 is 0 Å². The van der Waals surface area contributed by atoms with Gasteiger partial charge in [-0.15, -0.1) is 0 Å². The molecule has 0 amide bonds. The number of hydrogen-bond donors (Lipinski definition) is 1. The molecule has 0 aliphatic carbocycles. The van der Waals surface area contributed by atoms with Crippen LogP contribution < -0.4 is 14.8 Å². The van der Waals surface area contributed by atoms with Crippen LogP contribution in [0.5, 0.6) is 11.5 Å². The van der Waals surface area contributed by atoms with E-state index in [-0.39, 0.29) is 6.04 Å². The van der Waals surface area contributed by atoms with Crippen LogP contribution in [-0.4, -0.2) is 20.3 Å². The Labute approximate surface area is 125 Å². The fourth-order valence-electron chi connectivity index (χ4n) is 2.75. The van der Waals surface area contributed by atoms with Crippen molar-refractivity contribution in [2.45, 2.75) is 18.9 Å². The van der Waals surface area contributed by atoms with Gasteiger partial charge in [-0.3, -0.25) is 0 Å². The van der Waals surface area contributed by atoms with Gasteiger partial charge in [-0.25, -0.2) is 0 Å². The average molecular weight is 283 g/mol. The first kappa shape index (κ1) is 14.0. The Bertz CT molecular complexity index is 612. The zero-order valence-electron chi connectivity index (χ0n) is 12.5. The molecule has 3 heteroatoms. The van der Waals surface area contributed by atoms with E-state index in [2.05, 4.69) is 36.5 Å². The van der Waals surface area contributed by atoms with Gasteiger partial charge in [-0.05, 0) is 30.7 Å². The summed E-state index contributed by atoms with van der Waals surface area (Å²) < 4.78 is 11.0. The SMILES string of the molecule is COc1cccc([C@@H](C)NCC2COc3ccccc32)c1. The third-order valence-electron chi connectivity index (χ3n) is 4.06. The van der Waals surface area contributed by atoms with Crippen LogP contribution in [0.3, 0.4) is 0 Å². The van der Waals surface area contributed by atoms with Gasteiger partial charge in [0.2, 0.25) is 0 Å². The van der Waals surface area contributed by atoms with Gasteiger partial charge in [0.05, 0.1) is 13.7 Å². The van der Waals surface area contributed by atoms with Crippen LogP contribution in [0.15, 0.2) is 48.5 Å². The summed E-state index contributed by atoms with van der Waals surface area (Å²) in [5.41, 5.74) is 2.55. The van der Waals surface area contributed by atoms with E-state index in [0.717, 1.165) is 24.7 Å². The number of hydrogen-bond acceptors (Lipinski definition) is 3. The van der Waals surface area contributed by atoms with E-state index in [1.54, 1.807) is 7.11 Å². The lowest BCUT2D eigenvalue weighted by molar-refractivity contribution is 0.323. The van der Waals surface area contributed by atoms with E-state index < -0.39 is 0 Å². The Morgan fingerprint density at radius 3 is 2.95 bits per heavy atom. The molecule has 1 aliphatic rings. The van der Waals surface area contributed by atoms with Gasteiger partial charge in [-0.2, -0.15) is 0 Å². The zero-order valence-corrected chi connectivity index (χ0v) is 12.5. The molecule has 1 aliphatic heterocycles.